The smallest absolute Gasteiger partial charge is 0.242 e. The van der Waals surface area contributed by atoms with Crippen LogP contribution in [0.3, 0.4) is 0 Å². The molecular weight excluding hydrogens is 428 g/mol. The van der Waals surface area contributed by atoms with Crippen LogP contribution >= 0.6 is 0 Å². The van der Waals surface area contributed by atoms with Gasteiger partial charge in [0.2, 0.25) is 5.91 Å². The van der Waals surface area contributed by atoms with Crippen molar-refractivity contribution in [3.63, 3.8) is 0 Å². The first-order valence-corrected chi connectivity index (χ1v) is 12.0. The lowest BCUT2D eigenvalue weighted by Gasteiger charge is -2.41. The Balaban J connectivity index is 1.43. The Kier molecular flexibility index (Phi) is 6.34. The third-order valence-corrected chi connectivity index (χ3v) is 6.78. The Morgan fingerprint density at radius 2 is 1.88 bits per heavy atom. The number of phenolic OH excluding ortho intramolecular Hbond substituents is 1. The van der Waals surface area contributed by atoms with Crippen molar-refractivity contribution in [3.05, 3.63) is 59.9 Å². The van der Waals surface area contributed by atoms with E-state index >= 15 is 0 Å². The van der Waals surface area contributed by atoms with Crippen molar-refractivity contribution >= 4 is 22.6 Å². The molecule has 0 radical (unpaired) electrons. The fourth-order valence-electron chi connectivity index (χ4n) is 4.86. The first-order valence-electron chi connectivity index (χ1n) is 12.0. The van der Waals surface area contributed by atoms with Gasteiger partial charge in [0, 0.05) is 44.2 Å². The quantitative estimate of drug-likeness (QED) is 0.553. The number of hydrogen-bond acceptors (Lipinski definition) is 7. The standard InChI is InChI=1S/C26H32N6O2/c1-17(2)24-26(34)27-13-19-15-31(14-18-7-9-20(33)10-8-18)11-12-32(19)16-23-28-22-6-4-3-5-21(22)25(29-23)30-24/h3-10,17,19,24,33H,11-16H2,1-2H3,(H,27,34)(H,28,29,30)/t19?,24-/m0/s1. The van der Waals surface area contributed by atoms with Crippen LogP contribution < -0.4 is 10.6 Å². The fourth-order valence-corrected chi connectivity index (χ4v) is 4.86. The first-order chi connectivity index (χ1) is 16.5. The van der Waals surface area contributed by atoms with Crippen LogP contribution in [0.4, 0.5) is 5.82 Å². The van der Waals surface area contributed by atoms with Gasteiger partial charge in [0.05, 0.1) is 12.1 Å². The Morgan fingerprint density at radius 1 is 1.09 bits per heavy atom. The maximum Gasteiger partial charge on any atom is 0.242 e. The minimum absolute atomic E-state index is 0.00301. The maximum absolute atomic E-state index is 13.2. The summed E-state index contributed by atoms with van der Waals surface area (Å²) in [6.45, 7) is 8.74. The highest BCUT2D eigenvalue weighted by atomic mass is 16.3. The molecule has 3 aromatic rings. The Morgan fingerprint density at radius 3 is 2.68 bits per heavy atom. The number of carbonyl (C=O) groups excluding carboxylic acids is 1. The van der Waals surface area contributed by atoms with E-state index in [0.29, 0.717) is 13.1 Å². The number of hydrogen-bond donors (Lipinski definition) is 3. The second kappa shape index (κ2) is 9.56. The van der Waals surface area contributed by atoms with Crippen molar-refractivity contribution in [2.45, 2.75) is 39.0 Å². The van der Waals surface area contributed by atoms with Crippen LogP contribution in [0.15, 0.2) is 48.5 Å². The normalized spacial score (nSPS) is 22.0. The third-order valence-electron chi connectivity index (χ3n) is 6.78. The number of anilines is 1. The van der Waals surface area contributed by atoms with Crippen LogP contribution in [0.5, 0.6) is 5.75 Å². The highest BCUT2D eigenvalue weighted by molar-refractivity contribution is 5.92. The maximum atomic E-state index is 13.2. The molecule has 34 heavy (non-hydrogen) atoms. The van der Waals surface area contributed by atoms with Crippen molar-refractivity contribution in [1.82, 2.24) is 25.1 Å². The number of nitrogens with zero attached hydrogens (tertiary/aromatic N) is 4. The number of amides is 1. The van der Waals surface area contributed by atoms with E-state index in [9.17, 15) is 9.90 Å². The van der Waals surface area contributed by atoms with Gasteiger partial charge in [0.1, 0.15) is 23.4 Å². The predicted octanol–water partition coefficient (Wildman–Crippen LogP) is 2.59. The average molecular weight is 461 g/mol. The van der Waals surface area contributed by atoms with Crippen LogP contribution in [0, 0.1) is 5.92 Å². The number of aromatic nitrogens is 2. The fraction of sp³-hybridized carbons (Fsp3) is 0.423. The average Bonchev–Trinajstić information content (AvgIpc) is 2.84. The molecule has 1 amide bonds. The molecule has 2 aliphatic heterocycles. The van der Waals surface area contributed by atoms with Crippen molar-refractivity contribution in [2.24, 2.45) is 5.92 Å². The van der Waals surface area contributed by atoms with Gasteiger partial charge in [-0.15, -0.1) is 0 Å². The lowest BCUT2D eigenvalue weighted by Crippen LogP contribution is -2.57. The van der Waals surface area contributed by atoms with Crippen LogP contribution in [0.2, 0.25) is 0 Å². The van der Waals surface area contributed by atoms with Gasteiger partial charge in [-0.2, -0.15) is 0 Å². The van der Waals surface area contributed by atoms with Gasteiger partial charge in [-0.25, -0.2) is 9.97 Å². The third kappa shape index (κ3) is 4.83. The summed E-state index contributed by atoms with van der Waals surface area (Å²) in [4.78, 5) is 27.7. The predicted molar refractivity (Wildman–Crippen MR) is 132 cm³/mol. The van der Waals surface area contributed by atoms with Gasteiger partial charge in [-0.05, 0) is 35.7 Å². The summed E-state index contributed by atoms with van der Waals surface area (Å²) in [5.41, 5.74) is 2.05. The van der Waals surface area contributed by atoms with Crippen molar-refractivity contribution in [3.8, 4) is 5.75 Å². The number of carbonyl (C=O) groups is 1. The number of benzene rings is 2. The number of rotatable bonds is 3. The van der Waals surface area contributed by atoms with E-state index in [1.165, 1.54) is 5.56 Å². The molecule has 1 aromatic heterocycles. The van der Waals surface area contributed by atoms with E-state index in [2.05, 4.69) is 20.4 Å². The lowest BCUT2D eigenvalue weighted by molar-refractivity contribution is -0.123. The van der Waals surface area contributed by atoms with E-state index in [-0.39, 0.29) is 29.7 Å². The second-order valence-electron chi connectivity index (χ2n) is 9.64. The molecule has 2 aliphatic rings. The number of phenols is 1. The molecule has 0 spiro atoms. The summed E-state index contributed by atoms with van der Waals surface area (Å²) in [5.74, 6) is 1.87. The van der Waals surface area contributed by atoms with Crippen molar-refractivity contribution in [2.75, 3.05) is 31.5 Å². The molecule has 2 atom stereocenters. The topological polar surface area (TPSA) is 93.6 Å². The van der Waals surface area contributed by atoms with Crippen LogP contribution in [0.1, 0.15) is 25.2 Å². The molecule has 2 aromatic carbocycles. The second-order valence-corrected chi connectivity index (χ2v) is 9.64. The van der Waals surface area contributed by atoms with Gasteiger partial charge in [0.25, 0.3) is 0 Å². The number of fused-ring (bicyclic) bond motifs is 5. The Bertz CT molecular complexity index is 1170. The van der Waals surface area contributed by atoms with Gasteiger partial charge in [-0.1, -0.05) is 38.1 Å². The summed E-state index contributed by atoms with van der Waals surface area (Å²) >= 11 is 0. The van der Waals surface area contributed by atoms with Gasteiger partial charge in [0.15, 0.2) is 0 Å². The largest absolute Gasteiger partial charge is 0.508 e. The van der Waals surface area contributed by atoms with Gasteiger partial charge in [-0.3, -0.25) is 14.6 Å². The minimum atomic E-state index is -0.380. The number of para-hydroxylation sites is 1. The molecule has 2 bridgehead atoms. The summed E-state index contributed by atoms with van der Waals surface area (Å²) in [6, 6.07) is 15.1. The van der Waals surface area contributed by atoms with E-state index in [1.807, 2.05) is 50.2 Å². The van der Waals surface area contributed by atoms with Crippen molar-refractivity contribution < 1.29 is 9.90 Å². The van der Waals surface area contributed by atoms with Gasteiger partial charge >= 0.3 is 0 Å². The molecular formula is C26H32N6O2. The summed E-state index contributed by atoms with van der Waals surface area (Å²) in [5, 5.41) is 17.1. The summed E-state index contributed by atoms with van der Waals surface area (Å²) in [7, 11) is 0. The zero-order valence-corrected chi connectivity index (χ0v) is 19.7. The van der Waals surface area contributed by atoms with E-state index in [4.69, 9.17) is 9.97 Å². The molecule has 0 aliphatic carbocycles. The van der Waals surface area contributed by atoms with Gasteiger partial charge < -0.3 is 15.7 Å². The van der Waals surface area contributed by atoms with E-state index < -0.39 is 0 Å². The van der Waals surface area contributed by atoms with E-state index in [0.717, 1.165) is 48.7 Å². The molecule has 0 saturated carbocycles. The highest BCUT2D eigenvalue weighted by Crippen LogP contribution is 2.24. The minimum Gasteiger partial charge on any atom is -0.508 e. The van der Waals surface area contributed by atoms with Crippen molar-refractivity contribution in [1.29, 1.82) is 0 Å². The molecule has 3 heterocycles. The molecule has 5 rings (SSSR count). The first kappa shape index (κ1) is 22.6. The van der Waals surface area contributed by atoms with E-state index in [1.54, 1.807) is 12.1 Å². The summed E-state index contributed by atoms with van der Waals surface area (Å²) < 4.78 is 0. The molecule has 3 N–H and O–H groups in total. The van der Waals surface area contributed by atoms with Crippen LogP contribution in [-0.4, -0.2) is 69.0 Å². The lowest BCUT2D eigenvalue weighted by atomic mass is 10.0. The molecule has 1 fully saturated rings. The molecule has 8 nitrogen and oxygen atoms in total. The Hall–Kier alpha value is -3.23. The number of piperazine rings is 1. The molecule has 178 valence electrons. The number of nitrogens with one attached hydrogen (secondary N) is 2. The molecule has 8 heteroatoms. The monoisotopic (exact) mass is 460 g/mol. The van der Waals surface area contributed by atoms with Crippen LogP contribution in [-0.2, 0) is 17.9 Å². The molecule has 1 unspecified atom stereocenters. The zero-order chi connectivity index (χ0) is 23.7. The Labute approximate surface area is 200 Å². The highest BCUT2D eigenvalue weighted by Gasteiger charge is 2.31. The molecule has 1 saturated heterocycles. The van der Waals surface area contributed by atoms with Crippen LogP contribution in [0.25, 0.3) is 10.9 Å². The number of aromatic hydroxyl groups is 1. The zero-order valence-electron chi connectivity index (χ0n) is 19.7. The SMILES string of the molecule is CC(C)[C@@H]1Nc2nc(nc3ccccc23)CN2CCN(Cc3ccc(O)cc3)CC2CNC1=O. The summed E-state index contributed by atoms with van der Waals surface area (Å²) in [6.07, 6.45) is 0.